The molecule has 2 aromatic rings. The fourth-order valence-corrected chi connectivity index (χ4v) is 4.81. The van der Waals surface area contributed by atoms with Gasteiger partial charge in [-0.3, -0.25) is 9.59 Å². The molecule has 0 saturated heterocycles. The number of rotatable bonds is 7. The Morgan fingerprint density at radius 3 is 2.59 bits per heavy atom. The molecule has 2 aromatic carbocycles. The van der Waals surface area contributed by atoms with Crippen molar-refractivity contribution in [3.8, 4) is 5.75 Å². The Balaban J connectivity index is 1.93. The molecule has 1 heterocycles. The van der Waals surface area contributed by atoms with Gasteiger partial charge in [0.25, 0.3) is 5.91 Å². The van der Waals surface area contributed by atoms with Gasteiger partial charge in [0, 0.05) is 31.3 Å². The van der Waals surface area contributed by atoms with E-state index in [9.17, 15) is 14.7 Å². The molecule has 0 radical (unpaired) electrons. The molecule has 8 heteroatoms. The van der Waals surface area contributed by atoms with E-state index < -0.39 is 6.04 Å². The van der Waals surface area contributed by atoms with Gasteiger partial charge in [0.05, 0.1) is 36.8 Å². The summed E-state index contributed by atoms with van der Waals surface area (Å²) in [6, 6.07) is 14.3. The number of hydrogen-bond donors (Lipinski definition) is 2. The lowest BCUT2D eigenvalue weighted by Crippen LogP contribution is -2.47. The average molecular weight is 540 g/mol. The SMILES string of the molecule is C[C@@H]1CN([C@@H](C)CO)C(=O)c2cc(NC(=O)Cc3ccccc3)ccc2O[C@@H](C)CCCCO[C@H]1CN(C)C. The van der Waals surface area contributed by atoms with Gasteiger partial charge >= 0.3 is 0 Å². The zero-order valence-corrected chi connectivity index (χ0v) is 24.1. The van der Waals surface area contributed by atoms with E-state index in [4.69, 9.17) is 9.47 Å². The first-order valence-electron chi connectivity index (χ1n) is 14.0. The Hall–Kier alpha value is -2.94. The van der Waals surface area contributed by atoms with E-state index in [-0.39, 0.29) is 43.0 Å². The lowest BCUT2D eigenvalue weighted by atomic mass is 10.0. The molecule has 2 N–H and O–H groups in total. The summed E-state index contributed by atoms with van der Waals surface area (Å²) >= 11 is 0. The minimum Gasteiger partial charge on any atom is -0.490 e. The van der Waals surface area contributed by atoms with Crippen molar-refractivity contribution < 1.29 is 24.2 Å². The molecule has 8 nitrogen and oxygen atoms in total. The van der Waals surface area contributed by atoms with Crippen LogP contribution in [0.1, 0.15) is 56.0 Å². The number of likely N-dealkylation sites (N-methyl/N-ethyl adjacent to an activating group) is 1. The number of hydrogen-bond acceptors (Lipinski definition) is 6. The highest BCUT2D eigenvalue weighted by Gasteiger charge is 2.30. The fraction of sp³-hybridized carbons (Fsp3) is 0.548. The van der Waals surface area contributed by atoms with Gasteiger partial charge in [-0.25, -0.2) is 0 Å². The van der Waals surface area contributed by atoms with Crippen LogP contribution >= 0.6 is 0 Å². The van der Waals surface area contributed by atoms with Gasteiger partial charge in [0.15, 0.2) is 0 Å². The van der Waals surface area contributed by atoms with Crippen molar-refractivity contribution in [1.29, 1.82) is 0 Å². The molecule has 2 amide bonds. The van der Waals surface area contributed by atoms with E-state index >= 15 is 0 Å². The Morgan fingerprint density at radius 2 is 1.90 bits per heavy atom. The van der Waals surface area contributed by atoms with Crippen molar-refractivity contribution in [3.63, 3.8) is 0 Å². The van der Waals surface area contributed by atoms with Gasteiger partial charge in [-0.1, -0.05) is 37.3 Å². The van der Waals surface area contributed by atoms with E-state index in [0.717, 1.165) is 31.4 Å². The number of aliphatic hydroxyl groups is 1. The molecule has 0 unspecified atom stereocenters. The highest BCUT2D eigenvalue weighted by Crippen LogP contribution is 2.28. The predicted molar refractivity (Wildman–Crippen MR) is 154 cm³/mol. The molecule has 0 saturated carbocycles. The molecular weight excluding hydrogens is 494 g/mol. The Labute approximate surface area is 233 Å². The summed E-state index contributed by atoms with van der Waals surface area (Å²) in [6.07, 6.45) is 2.79. The predicted octanol–water partition coefficient (Wildman–Crippen LogP) is 4.22. The van der Waals surface area contributed by atoms with Crippen LogP contribution in [0.25, 0.3) is 0 Å². The lowest BCUT2D eigenvalue weighted by molar-refractivity contribution is -0.115. The van der Waals surface area contributed by atoms with Crippen molar-refractivity contribution in [2.45, 2.75) is 64.7 Å². The maximum atomic E-state index is 14.1. The second-order valence-corrected chi connectivity index (χ2v) is 11.0. The second-order valence-electron chi connectivity index (χ2n) is 11.0. The van der Waals surface area contributed by atoms with Crippen LogP contribution in [0, 0.1) is 5.92 Å². The maximum absolute atomic E-state index is 14.1. The molecule has 1 aliphatic heterocycles. The van der Waals surface area contributed by atoms with Gasteiger partial charge in [-0.15, -0.1) is 0 Å². The van der Waals surface area contributed by atoms with E-state index in [2.05, 4.69) is 17.1 Å². The third-order valence-corrected chi connectivity index (χ3v) is 7.09. The maximum Gasteiger partial charge on any atom is 0.258 e. The van der Waals surface area contributed by atoms with Gasteiger partial charge in [-0.2, -0.15) is 0 Å². The van der Waals surface area contributed by atoms with Gasteiger partial charge in [0.1, 0.15) is 5.75 Å². The molecule has 3 rings (SSSR count). The summed E-state index contributed by atoms with van der Waals surface area (Å²) in [5.41, 5.74) is 1.81. The molecule has 1 aliphatic rings. The Morgan fingerprint density at radius 1 is 1.15 bits per heavy atom. The van der Waals surface area contributed by atoms with Crippen LogP contribution in [0.2, 0.25) is 0 Å². The monoisotopic (exact) mass is 539 g/mol. The zero-order valence-electron chi connectivity index (χ0n) is 24.1. The van der Waals surface area contributed by atoms with Crippen molar-refractivity contribution >= 4 is 17.5 Å². The smallest absolute Gasteiger partial charge is 0.258 e. The van der Waals surface area contributed by atoms with Crippen molar-refractivity contribution in [3.05, 3.63) is 59.7 Å². The second kappa shape index (κ2) is 15.0. The number of carbonyl (C=O) groups is 2. The molecule has 39 heavy (non-hydrogen) atoms. The highest BCUT2D eigenvalue weighted by atomic mass is 16.5. The van der Waals surface area contributed by atoms with Crippen LogP contribution in [-0.4, -0.2) is 85.4 Å². The fourth-order valence-electron chi connectivity index (χ4n) is 4.81. The summed E-state index contributed by atoms with van der Waals surface area (Å²) in [5.74, 6) is 0.104. The third-order valence-electron chi connectivity index (χ3n) is 7.09. The molecule has 214 valence electrons. The van der Waals surface area contributed by atoms with Crippen LogP contribution in [0.15, 0.2) is 48.5 Å². The van der Waals surface area contributed by atoms with Crippen LogP contribution in [0.5, 0.6) is 5.75 Å². The first-order chi connectivity index (χ1) is 18.7. The van der Waals surface area contributed by atoms with Crippen LogP contribution in [0.4, 0.5) is 5.69 Å². The van der Waals surface area contributed by atoms with E-state index in [1.807, 2.05) is 58.3 Å². The van der Waals surface area contributed by atoms with E-state index in [1.165, 1.54) is 0 Å². The summed E-state index contributed by atoms with van der Waals surface area (Å²) in [5, 5.41) is 13.0. The van der Waals surface area contributed by atoms with Crippen molar-refractivity contribution in [1.82, 2.24) is 9.80 Å². The minimum absolute atomic E-state index is 0.0327. The standard InChI is InChI=1S/C31H45N3O5/c1-22-19-34(23(2)21-35)31(37)27-18-26(32-30(36)17-25-12-7-6-8-13-25)14-15-28(27)39-24(3)11-9-10-16-38-29(22)20-33(4)5/h6-8,12-15,18,22-24,29,35H,9-11,16-17,19-21H2,1-5H3,(H,32,36)/t22-,23+,24+,29+/m1/s1. The Bertz CT molecular complexity index is 1060. The minimum atomic E-state index is -0.408. The summed E-state index contributed by atoms with van der Waals surface area (Å²) in [7, 11) is 4.03. The zero-order chi connectivity index (χ0) is 28.4. The van der Waals surface area contributed by atoms with Gasteiger partial charge < -0.3 is 29.7 Å². The lowest BCUT2D eigenvalue weighted by Gasteiger charge is -2.35. The normalized spacial score (nSPS) is 22.0. The number of aliphatic hydroxyl groups excluding tert-OH is 1. The van der Waals surface area contributed by atoms with Crippen LogP contribution < -0.4 is 10.1 Å². The highest BCUT2D eigenvalue weighted by molar-refractivity contribution is 6.00. The molecule has 0 aliphatic carbocycles. The number of nitrogens with zero attached hydrogens (tertiary/aromatic N) is 2. The average Bonchev–Trinajstić information content (AvgIpc) is 2.90. The first kappa shape index (κ1) is 30.6. The molecule has 0 aromatic heterocycles. The molecule has 4 atom stereocenters. The van der Waals surface area contributed by atoms with Crippen molar-refractivity contribution in [2.24, 2.45) is 5.92 Å². The summed E-state index contributed by atoms with van der Waals surface area (Å²) in [4.78, 5) is 30.6. The van der Waals surface area contributed by atoms with E-state index in [0.29, 0.717) is 30.2 Å². The third kappa shape index (κ3) is 9.34. The van der Waals surface area contributed by atoms with Crippen LogP contribution in [0.3, 0.4) is 0 Å². The summed E-state index contributed by atoms with van der Waals surface area (Å²) in [6.45, 7) is 7.57. The number of anilines is 1. The molecule has 0 bridgehead atoms. The topological polar surface area (TPSA) is 91.3 Å². The molecular formula is C31H45N3O5. The number of nitrogens with one attached hydrogen (secondary N) is 1. The molecule has 0 fully saturated rings. The first-order valence-corrected chi connectivity index (χ1v) is 14.0. The van der Waals surface area contributed by atoms with Gasteiger partial charge in [0.2, 0.25) is 5.91 Å². The summed E-state index contributed by atoms with van der Waals surface area (Å²) < 4.78 is 12.6. The molecule has 0 spiro atoms. The van der Waals surface area contributed by atoms with Crippen molar-refractivity contribution in [2.75, 3.05) is 45.7 Å². The number of amides is 2. The number of ether oxygens (including phenoxy) is 2. The number of carbonyl (C=O) groups excluding carboxylic acids is 2. The largest absolute Gasteiger partial charge is 0.490 e. The quantitative estimate of drug-likeness (QED) is 0.548. The van der Waals surface area contributed by atoms with Gasteiger partial charge in [-0.05, 0) is 71.0 Å². The number of fused-ring (bicyclic) bond motifs is 1. The number of benzene rings is 2. The van der Waals surface area contributed by atoms with Crippen LogP contribution in [-0.2, 0) is 16.0 Å². The Kier molecular flexibility index (Phi) is 11.8. The van der Waals surface area contributed by atoms with E-state index in [1.54, 1.807) is 23.1 Å².